The maximum Gasteiger partial charge on any atom is 0.409 e. The Balaban J connectivity index is 1.80. The number of rotatable bonds is 6. The molecule has 1 aromatic carbocycles. The summed E-state index contributed by atoms with van der Waals surface area (Å²) >= 11 is 1.14. The molecule has 10 heteroatoms. The molecule has 2 heterocycles. The molecular weight excluding hydrogens is 399 g/mol. The molecule has 3 rings (SSSR count). The Kier molecular flexibility index (Phi) is 6.86. The van der Waals surface area contributed by atoms with Gasteiger partial charge in [0.05, 0.1) is 13.2 Å². The van der Waals surface area contributed by atoms with Crippen molar-refractivity contribution in [1.82, 2.24) is 9.27 Å². The third-order valence-electron chi connectivity index (χ3n) is 4.36. The second kappa shape index (κ2) is 9.55. The van der Waals surface area contributed by atoms with Crippen LogP contribution in [0.25, 0.3) is 0 Å². The highest BCUT2D eigenvalue weighted by molar-refractivity contribution is 7.11. The first-order chi connectivity index (χ1) is 14.0. The van der Waals surface area contributed by atoms with Crippen LogP contribution in [0.1, 0.15) is 24.2 Å². The second-order valence-electron chi connectivity index (χ2n) is 6.24. The van der Waals surface area contributed by atoms with E-state index in [0.717, 1.165) is 11.5 Å². The Morgan fingerprint density at radius 2 is 1.76 bits per heavy atom. The minimum absolute atomic E-state index is 0.237. The van der Waals surface area contributed by atoms with Crippen LogP contribution >= 0.6 is 11.5 Å². The number of benzene rings is 1. The number of esters is 1. The Hall–Kier alpha value is -2.88. The minimum atomic E-state index is -0.478. The molecule has 0 bridgehead atoms. The number of nitrogens with one attached hydrogen (secondary N) is 1. The standard InChI is InChI=1S/C19H23FN4O4S/c1-3-27-18(25)15-16(23-9-11-24(12-10-23)19(26)28-4-2)22-29-17(15)21-14-7-5-13(20)6-8-14/h5-8,21H,3-4,9-12H2,1-2H3. The number of hydrogen-bond acceptors (Lipinski definition) is 8. The van der Waals surface area contributed by atoms with Gasteiger partial charge in [0.25, 0.3) is 0 Å². The molecule has 1 fully saturated rings. The van der Waals surface area contributed by atoms with Crippen LogP contribution in [0.2, 0.25) is 0 Å². The zero-order valence-electron chi connectivity index (χ0n) is 16.3. The fraction of sp³-hybridized carbons (Fsp3) is 0.421. The van der Waals surface area contributed by atoms with Crippen LogP contribution in [0.15, 0.2) is 24.3 Å². The molecule has 1 aliphatic heterocycles. The topological polar surface area (TPSA) is 84.0 Å². The summed E-state index contributed by atoms with van der Waals surface area (Å²) in [6.07, 6.45) is -0.338. The van der Waals surface area contributed by atoms with Crippen molar-refractivity contribution in [2.24, 2.45) is 0 Å². The normalized spacial score (nSPS) is 13.9. The van der Waals surface area contributed by atoms with E-state index in [-0.39, 0.29) is 18.5 Å². The summed E-state index contributed by atoms with van der Waals surface area (Å²) in [5.41, 5.74) is 0.977. The predicted molar refractivity (Wildman–Crippen MR) is 109 cm³/mol. The predicted octanol–water partition coefficient (Wildman–Crippen LogP) is 3.48. The number of hydrogen-bond donors (Lipinski definition) is 1. The lowest BCUT2D eigenvalue weighted by Crippen LogP contribution is -2.49. The fourth-order valence-electron chi connectivity index (χ4n) is 2.95. The smallest absolute Gasteiger partial charge is 0.409 e. The summed E-state index contributed by atoms with van der Waals surface area (Å²) in [6.45, 7) is 6.05. The van der Waals surface area contributed by atoms with Crippen LogP contribution < -0.4 is 10.2 Å². The lowest BCUT2D eigenvalue weighted by Gasteiger charge is -2.34. The Morgan fingerprint density at radius 3 is 2.38 bits per heavy atom. The van der Waals surface area contributed by atoms with E-state index in [1.54, 1.807) is 30.9 Å². The van der Waals surface area contributed by atoms with Crippen molar-refractivity contribution in [3.8, 4) is 0 Å². The van der Waals surface area contributed by atoms with Crippen molar-refractivity contribution in [3.63, 3.8) is 0 Å². The SMILES string of the molecule is CCOC(=O)c1c(N2CCN(C(=O)OCC)CC2)nsc1Nc1ccc(F)cc1. The lowest BCUT2D eigenvalue weighted by molar-refractivity contribution is 0.0528. The van der Waals surface area contributed by atoms with Gasteiger partial charge in [-0.15, -0.1) is 0 Å². The van der Waals surface area contributed by atoms with E-state index in [1.807, 2.05) is 4.90 Å². The van der Waals surface area contributed by atoms with E-state index < -0.39 is 5.97 Å². The van der Waals surface area contributed by atoms with Crippen molar-refractivity contribution < 1.29 is 23.5 Å². The van der Waals surface area contributed by atoms with Gasteiger partial charge in [0.15, 0.2) is 5.82 Å². The summed E-state index contributed by atoms with van der Waals surface area (Å²) in [4.78, 5) is 28.1. The quantitative estimate of drug-likeness (QED) is 0.714. The molecule has 8 nitrogen and oxygen atoms in total. The maximum atomic E-state index is 13.2. The number of carbonyl (C=O) groups is 2. The van der Waals surface area contributed by atoms with Crippen molar-refractivity contribution in [1.29, 1.82) is 0 Å². The monoisotopic (exact) mass is 422 g/mol. The molecule has 0 unspecified atom stereocenters. The third kappa shape index (κ3) is 4.94. The molecule has 0 aliphatic carbocycles. The number of piperazine rings is 1. The van der Waals surface area contributed by atoms with Gasteiger partial charge in [0, 0.05) is 31.9 Å². The van der Waals surface area contributed by atoms with Gasteiger partial charge in [-0.25, -0.2) is 14.0 Å². The molecule has 1 amide bonds. The number of amides is 1. The average molecular weight is 422 g/mol. The van der Waals surface area contributed by atoms with Crippen LogP contribution in [-0.2, 0) is 9.47 Å². The number of halogens is 1. The van der Waals surface area contributed by atoms with E-state index in [1.165, 1.54) is 12.1 Å². The molecule has 29 heavy (non-hydrogen) atoms. The zero-order chi connectivity index (χ0) is 20.8. The maximum absolute atomic E-state index is 13.2. The number of anilines is 3. The Bertz CT molecular complexity index is 850. The summed E-state index contributed by atoms with van der Waals surface area (Å²) < 4.78 is 27.9. The zero-order valence-corrected chi connectivity index (χ0v) is 17.1. The van der Waals surface area contributed by atoms with E-state index in [2.05, 4.69) is 9.69 Å². The molecule has 2 aromatic rings. The van der Waals surface area contributed by atoms with Gasteiger partial charge in [-0.05, 0) is 49.6 Å². The van der Waals surface area contributed by atoms with Crippen molar-refractivity contribution in [2.45, 2.75) is 13.8 Å². The molecule has 1 aromatic heterocycles. The molecule has 0 saturated carbocycles. The van der Waals surface area contributed by atoms with Gasteiger partial charge in [-0.3, -0.25) is 0 Å². The van der Waals surface area contributed by atoms with E-state index >= 15 is 0 Å². The molecule has 0 radical (unpaired) electrons. The molecule has 1 aliphatic rings. The number of nitrogens with zero attached hydrogens (tertiary/aromatic N) is 3. The first kappa shape index (κ1) is 20.8. The highest BCUT2D eigenvalue weighted by Crippen LogP contribution is 2.34. The molecule has 1 saturated heterocycles. The van der Waals surface area contributed by atoms with Crippen LogP contribution in [0.3, 0.4) is 0 Å². The van der Waals surface area contributed by atoms with Gasteiger partial charge < -0.3 is 24.6 Å². The molecule has 0 atom stereocenters. The van der Waals surface area contributed by atoms with E-state index in [4.69, 9.17) is 9.47 Å². The Labute approximate surface area is 172 Å². The third-order valence-corrected chi connectivity index (χ3v) is 5.11. The van der Waals surface area contributed by atoms with Gasteiger partial charge in [-0.1, -0.05) is 0 Å². The minimum Gasteiger partial charge on any atom is -0.462 e. The second-order valence-corrected chi connectivity index (χ2v) is 7.01. The number of aromatic nitrogens is 1. The summed E-state index contributed by atoms with van der Waals surface area (Å²) in [6, 6.07) is 5.84. The lowest BCUT2D eigenvalue weighted by atomic mass is 10.2. The first-order valence-electron chi connectivity index (χ1n) is 9.39. The van der Waals surface area contributed by atoms with Gasteiger partial charge in [0.2, 0.25) is 0 Å². The molecular formula is C19H23FN4O4S. The van der Waals surface area contributed by atoms with E-state index in [0.29, 0.717) is 54.9 Å². The van der Waals surface area contributed by atoms with Crippen molar-refractivity contribution in [3.05, 3.63) is 35.6 Å². The molecule has 0 spiro atoms. The fourth-order valence-corrected chi connectivity index (χ4v) is 3.76. The van der Waals surface area contributed by atoms with Gasteiger partial charge in [0.1, 0.15) is 16.4 Å². The average Bonchev–Trinajstić information content (AvgIpc) is 3.14. The molecule has 156 valence electrons. The van der Waals surface area contributed by atoms with Gasteiger partial charge in [-0.2, -0.15) is 4.37 Å². The van der Waals surface area contributed by atoms with Crippen molar-refractivity contribution in [2.75, 3.05) is 49.6 Å². The van der Waals surface area contributed by atoms with Gasteiger partial charge >= 0.3 is 12.1 Å². The highest BCUT2D eigenvalue weighted by Gasteiger charge is 2.30. The number of ether oxygens (including phenoxy) is 2. The Morgan fingerprint density at radius 1 is 1.10 bits per heavy atom. The number of carbonyl (C=O) groups excluding carboxylic acids is 2. The van der Waals surface area contributed by atoms with Crippen molar-refractivity contribution >= 4 is 40.1 Å². The van der Waals surface area contributed by atoms with Crippen LogP contribution in [0.5, 0.6) is 0 Å². The van der Waals surface area contributed by atoms with Crippen LogP contribution in [0.4, 0.5) is 25.7 Å². The highest BCUT2D eigenvalue weighted by atomic mass is 32.1. The first-order valence-corrected chi connectivity index (χ1v) is 10.2. The van der Waals surface area contributed by atoms with Crippen LogP contribution in [0, 0.1) is 5.82 Å². The largest absolute Gasteiger partial charge is 0.462 e. The summed E-state index contributed by atoms with van der Waals surface area (Å²) in [5, 5.41) is 3.65. The van der Waals surface area contributed by atoms with E-state index in [9.17, 15) is 14.0 Å². The summed E-state index contributed by atoms with van der Waals surface area (Å²) in [7, 11) is 0. The van der Waals surface area contributed by atoms with Crippen LogP contribution in [-0.4, -0.2) is 60.7 Å². The summed E-state index contributed by atoms with van der Waals surface area (Å²) in [5.74, 6) is -0.305. The molecule has 1 N–H and O–H groups in total.